The van der Waals surface area contributed by atoms with E-state index in [0.29, 0.717) is 0 Å². The molecule has 0 bridgehead atoms. The minimum Gasteiger partial charge on any atom is -0.312 e. The molecule has 0 unspecified atom stereocenters. The van der Waals surface area contributed by atoms with Crippen LogP contribution in [0.2, 0.25) is 0 Å². The van der Waals surface area contributed by atoms with Crippen molar-refractivity contribution in [2.45, 2.75) is 10.9 Å². The van der Waals surface area contributed by atoms with Gasteiger partial charge in [0.2, 0.25) is 0 Å². The van der Waals surface area contributed by atoms with Crippen LogP contribution in [0.5, 0.6) is 0 Å². The van der Waals surface area contributed by atoms with Crippen LogP contribution in [0.3, 0.4) is 0 Å². The summed E-state index contributed by atoms with van der Waals surface area (Å²) in [4.78, 5) is 4.53. The summed E-state index contributed by atoms with van der Waals surface area (Å²) < 4.78 is 3.92. The van der Waals surface area contributed by atoms with E-state index >= 15 is 0 Å². The van der Waals surface area contributed by atoms with Crippen molar-refractivity contribution in [1.82, 2.24) is 24.1 Å². The smallest absolute Gasteiger partial charge is 0.191 e. The van der Waals surface area contributed by atoms with Crippen molar-refractivity contribution in [3.63, 3.8) is 0 Å². The third-order valence-electron chi connectivity index (χ3n) is 2.43. The molecule has 0 radical (unpaired) electrons. The zero-order valence-corrected chi connectivity index (χ0v) is 10.1. The Morgan fingerprint density at radius 1 is 1.35 bits per heavy atom. The summed E-state index contributed by atoms with van der Waals surface area (Å²) in [5.41, 5.74) is 2.02. The first-order valence-electron chi connectivity index (χ1n) is 5.22. The Bertz CT molecular complexity index is 609. The first-order valence-corrected chi connectivity index (χ1v) is 6.21. The monoisotopic (exact) mass is 245 g/mol. The molecule has 0 saturated heterocycles. The van der Waals surface area contributed by atoms with E-state index in [1.54, 1.807) is 18.1 Å². The first-order chi connectivity index (χ1) is 8.33. The minimum absolute atomic E-state index is 0.800. The molecule has 0 amide bonds. The first kappa shape index (κ1) is 10.3. The lowest BCUT2D eigenvalue weighted by molar-refractivity contribution is 0.788. The van der Waals surface area contributed by atoms with Gasteiger partial charge < -0.3 is 8.97 Å². The molecule has 0 atom stereocenters. The summed E-state index contributed by atoms with van der Waals surface area (Å²) in [7, 11) is 1.94. The zero-order valence-electron chi connectivity index (χ0n) is 9.32. The number of nitrogens with zero attached hydrogens (tertiary/aromatic N) is 5. The van der Waals surface area contributed by atoms with E-state index in [4.69, 9.17) is 0 Å². The molecule has 0 aliphatic carbocycles. The van der Waals surface area contributed by atoms with Crippen LogP contribution in [0.25, 0.3) is 5.65 Å². The molecule has 5 nitrogen and oxygen atoms in total. The second-order valence-electron chi connectivity index (χ2n) is 3.71. The van der Waals surface area contributed by atoms with Crippen molar-refractivity contribution in [2.75, 3.05) is 0 Å². The Balaban J connectivity index is 1.79. The molecular weight excluding hydrogens is 234 g/mol. The van der Waals surface area contributed by atoms with Gasteiger partial charge in [0.1, 0.15) is 12.0 Å². The largest absolute Gasteiger partial charge is 0.312 e. The molecule has 3 heterocycles. The highest BCUT2D eigenvalue weighted by Crippen LogP contribution is 2.19. The lowest BCUT2D eigenvalue weighted by atomic mass is 10.5. The van der Waals surface area contributed by atoms with Crippen LogP contribution < -0.4 is 0 Å². The highest BCUT2D eigenvalue weighted by Gasteiger charge is 2.05. The maximum atomic E-state index is 4.53. The number of imidazole rings is 1. The Hall–Kier alpha value is -1.82. The number of hydrogen-bond acceptors (Lipinski definition) is 4. The lowest BCUT2D eigenvalue weighted by Gasteiger charge is -1.96. The maximum Gasteiger partial charge on any atom is 0.191 e. The standard InChI is InChI=1S/C11H11N5S/c1-15-8-12-14-11(15)17-7-9-6-16-5-3-2-4-10(16)13-9/h2-6,8H,7H2,1H3. The van der Waals surface area contributed by atoms with Gasteiger partial charge in [0, 0.05) is 25.2 Å². The maximum absolute atomic E-state index is 4.53. The second-order valence-corrected chi connectivity index (χ2v) is 4.65. The van der Waals surface area contributed by atoms with Gasteiger partial charge >= 0.3 is 0 Å². The van der Waals surface area contributed by atoms with Crippen LogP contribution in [0.4, 0.5) is 0 Å². The van der Waals surface area contributed by atoms with Crippen LogP contribution in [-0.4, -0.2) is 24.1 Å². The molecule has 3 aromatic rings. The van der Waals surface area contributed by atoms with Crippen LogP contribution in [0, 0.1) is 0 Å². The van der Waals surface area contributed by atoms with Gasteiger partial charge in [-0.15, -0.1) is 10.2 Å². The summed E-state index contributed by atoms with van der Waals surface area (Å²) in [5.74, 6) is 0.800. The Kier molecular flexibility index (Phi) is 2.56. The zero-order chi connectivity index (χ0) is 11.7. The van der Waals surface area contributed by atoms with Crippen molar-refractivity contribution in [2.24, 2.45) is 7.05 Å². The summed E-state index contributed by atoms with van der Waals surface area (Å²) in [6, 6.07) is 5.98. The molecule has 17 heavy (non-hydrogen) atoms. The van der Waals surface area contributed by atoms with Crippen LogP contribution in [0.1, 0.15) is 5.69 Å². The topological polar surface area (TPSA) is 48.0 Å². The minimum atomic E-state index is 0.800. The Labute approximate surface area is 103 Å². The van der Waals surface area contributed by atoms with Crippen molar-refractivity contribution in [3.8, 4) is 0 Å². The van der Waals surface area contributed by atoms with Crippen molar-refractivity contribution in [3.05, 3.63) is 42.6 Å². The quantitative estimate of drug-likeness (QED) is 0.660. The summed E-state index contributed by atoms with van der Waals surface area (Å²) in [5, 5.41) is 8.77. The van der Waals surface area contributed by atoms with Crippen LogP contribution in [-0.2, 0) is 12.8 Å². The predicted molar refractivity (Wildman–Crippen MR) is 65.8 cm³/mol. The molecule has 0 spiro atoms. The van der Waals surface area contributed by atoms with Crippen molar-refractivity contribution >= 4 is 17.4 Å². The SMILES string of the molecule is Cn1cnnc1SCc1cn2ccccc2n1. The molecule has 0 N–H and O–H groups in total. The van der Waals surface area contributed by atoms with E-state index in [1.165, 1.54) is 0 Å². The predicted octanol–water partition coefficient (Wildman–Crippen LogP) is 1.76. The molecule has 0 aromatic carbocycles. The summed E-state index contributed by atoms with van der Waals surface area (Å²) >= 11 is 1.64. The number of hydrogen-bond donors (Lipinski definition) is 0. The highest BCUT2D eigenvalue weighted by atomic mass is 32.2. The fraction of sp³-hybridized carbons (Fsp3) is 0.182. The van der Waals surface area contributed by atoms with Gasteiger partial charge in [-0.2, -0.15) is 0 Å². The Morgan fingerprint density at radius 2 is 2.29 bits per heavy atom. The van der Waals surface area contributed by atoms with Crippen molar-refractivity contribution in [1.29, 1.82) is 0 Å². The third-order valence-corrected chi connectivity index (χ3v) is 3.50. The number of fused-ring (bicyclic) bond motifs is 1. The van der Waals surface area contributed by atoms with E-state index in [9.17, 15) is 0 Å². The van der Waals surface area contributed by atoms with Gasteiger partial charge in [-0.05, 0) is 12.1 Å². The number of aryl methyl sites for hydroxylation is 1. The van der Waals surface area contributed by atoms with E-state index < -0.39 is 0 Å². The highest BCUT2D eigenvalue weighted by molar-refractivity contribution is 7.98. The third kappa shape index (κ3) is 2.03. The molecule has 0 aliphatic heterocycles. The molecule has 0 saturated carbocycles. The van der Waals surface area contributed by atoms with Gasteiger partial charge in [0.25, 0.3) is 0 Å². The van der Waals surface area contributed by atoms with E-state index in [0.717, 1.165) is 22.3 Å². The fourth-order valence-electron chi connectivity index (χ4n) is 1.60. The van der Waals surface area contributed by atoms with Gasteiger partial charge in [-0.25, -0.2) is 4.98 Å². The molecule has 0 aliphatic rings. The molecule has 0 fully saturated rings. The molecule has 86 valence electrons. The van der Waals surface area contributed by atoms with Gasteiger partial charge in [-0.3, -0.25) is 0 Å². The average Bonchev–Trinajstić information content (AvgIpc) is 2.92. The van der Waals surface area contributed by atoms with Gasteiger partial charge in [0.15, 0.2) is 5.16 Å². The van der Waals surface area contributed by atoms with Crippen LogP contribution >= 0.6 is 11.8 Å². The summed E-state index contributed by atoms with van der Waals surface area (Å²) in [6.07, 6.45) is 5.74. The lowest BCUT2D eigenvalue weighted by Crippen LogP contribution is -1.89. The van der Waals surface area contributed by atoms with Crippen molar-refractivity contribution < 1.29 is 0 Å². The fourth-order valence-corrected chi connectivity index (χ4v) is 2.37. The number of aromatic nitrogens is 5. The van der Waals surface area contributed by atoms with Gasteiger partial charge in [0.05, 0.1) is 5.69 Å². The number of rotatable bonds is 3. The molecule has 3 aromatic heterocycles. The normalized spacial score (nSPS) is 11.1. The second kappa shape index (κ2) is 4.21. The van der Waals surface area contributed by atoms with E-state index in [-0.39, 0.29) is 0 Å². The van der Waals surface area contributed by atoms with Gasteiger partial charge in [-0.1, -0.05) is 17.8 Å². The molecular formula is C11H11N5S. The molecule has 3 rings (SSSR count). The summed E-state index contributed by atoms with van der Waals surface area (Å²) in [6.45, 7) is 0. The number of pyridine rings is 1. The number of thioether (sulfide) groups is 1. The Morgan fingerprint density at radius 3 is 3.06 bits per heavy atom. The van der Waals surface area contributed by atoms with Crippen LogP contribution in [0.15, 0.2) is 42.1 Å². The molecule has 6 heteroatoms. The van der Waals surface area contributed by atoms with E-state index in [1.807, 2.05) is 46.6 Å². The van der Waals surface area contributed by atoms with E-state index in [2.05, 4.69) is 15.2 Å². The average molecular weight is 245 g/mol.